The Bertz CT molecular complexity index is 679. The van der Waals surface area contributed by atoms with Crippen LogP contribution in [0, 0.1) is 0 Å². The van der Waals surface area contributed by atoms with E-state index in [0.29, 0.717) is 19.2 Å². The van der Waals surface area contributed by atoms with E-state index in [1.54, 1.807) is 0 Å². The average molecular weight is 387 g/mol. The highest BCUT2D eigenvalue weighted by Gasteiger charge is 2.38. The molecule has 0 aromatic heterocycles. The maximum atomic E-state index is 6.27. The Morgan fingerprint density at radius 3 is 2.46 bits per heavy atom. The van der Waals surface area contributed by atoms with E-state index in [2.05, 4.69) is 10.2 Å². The minimum absolute atomic E-state index is 0.204. The molecule has 1 saturated carbocycles. The zero-order valence-electron chi connectivity index (χ0n) is 16.9. The van der Waals surface area contributed by atoms with Gasteiger partial charge >= 0.3 is 0 Å². The van der Waals surface area contributed by atoms with Gasteiger partial charge in [0.05, 0.1) is 19.8 Å². The normalized spacial score (nSPS) is 23.1. The van der Waals surface area contributed by atoms with Crippen molar-refractivity contribution in [2.24, 2.45) is 10.7 Å². The first-order valence-electron chi connectivity index (χ1n) is 11.0. The van der Waals surface area contributed by atoms with Crippen molar-refractivity contribution in [3.8, 4) is 11.5 Å². The molecule has 0 unspecified atom stereocenters. The molecular formula is C22H34N4O2. The van der Waals surface area contributed by atoms with Gasteiger partial charge in [-0.3, -0.25) is 9.89 Å². The molecule has 0 spiro atoms. The third-order valence-corrected chi connectivity index (χ3v) is 6.37. The van der Waals surface area contributed by atoms with Crippen molar-refractivity contribution in [2.75, 3.05) is 38.2 Å². The smallest absolute Gasteiger partial charge is 0.193 e. The number of benzene rings is 1. The molecular weight excluding hydrogens is 352 g/mol. The van der Waals surface area contributed by atoms with E-state index < -0.39 is 0 Å². The van der Waals surface area contributed by atoms with Gasteiger partial charge in [0.2, 0.25) is 0 Å². The van der Waals surface area contributed by atoms with Crippen LogP contribution in [0.4, 0.5) is 5.69 Å². The van der Waals surface area contributed by atoms with Gasteiger partial charge in [0.25, 0.3) is 0 Å². The van der Waals surface area contributed by atoms with Crippen molar-refractivity contribution in [1.82, 2.24) is 4.90 Å². The van der Waals surface area contributed by atoms with Crippen LogP contribution >= 0.6 is 0 Å². The monoisotopic (exact) mass is 386 g/mol. The van der Waals surface area contributed by atoms with Gasteiger partial charge in [0, 0.05) is 23.7 Å². The largest absolute Gasteiger partial charge is 0.490 e. The SMILES string of the molecule is NC(=NCC1(N2CCCCC2)CCCCC1)Nc1ccc2c(c1)OCCCO2. The highest BCUT2D eigenvalue weighted by Crippen LogP contribution is 2.36. The van der Waals surface area contributed by atoms with Gasteiger partial charge in [0.1, 0.15) is 0 Å². The van der Waals surface area contributed by atoms with E-state index >= 15 is 0 Å². The Hall–Kier alpha value is -1.95. The lowest BCUT2D eigenvalue weighted by Crippen LogP contribution is -2.54. The second-order valence-electron chi connectivity index (χ2n) is 8.37. The van der Waals surface area contributed by atoms with Crippen LogP contribution < -0.4 is 20.5 Å². The zero-order valence-corrected chi connectivity index (χ0v) is 16.9. The lowest BCUT2D eigenvalue weighted by Gasteiger charge is -2.47. The first-order valence-corrected chi connectivity index (χ1v) is 11.0. The molecule has 6 heteroatoms. The molecule has 0 atom stereocenters. The Morgan fingerprint density at radius 1 is 0.964 bits per heavy atom. The number of nitrogens with one attached hydrogen (secondary N) is 1. The third kappa shape index (κ3) is 4.54. The fourth-order valence-corrected chi connectivity index (χ4v) is 4.81. The fraction of sp³-hybridized carbons (Fsp3) is 0.682. The molecule has 0 bridgehead atoms. The average Bonchev–Trinajstić information content (AvgIpc) is 2.99. The van der Waals surface area contributed by atoms with Gasteiger partial charge < -0.3 is 20.5 Å². The van der Waals surface area contributed by atoms with E-state index in [1.165, 1.54) is 64.5 Å². The summed E-state index contributed by atoms with van der Waals surface area (Å²) >= 11 is 0. The maximum Gasteiger partial charge on any atom is 0.193 e. The summed E-state index contributed by atoms with van der Waals surface area (Å²) in [5, 5.41) is 3.25. The number of nitrogens with two attached hydrogens (primary N) is 1. The van der Waals surface area contributed by atoms with Crippen molar-refractivity contribution < 1.29 is 9.47 Å². The lowest BCUT2D eigenvalue weighted by atomic mass is 9.79. The molecule has 3 aliphatic rings. The van der Waals surface area contributed by atoms with Gasteiger partial charge in [-0.05, 0) is 50.9 Å². The second kappa shape index (κ2) is 9.03. The van der Waals surface area contributed by atoms with Crippen LogP contribution in [-0.2, 0) is 0 Å². The fourth-order valence-electron chi connectivity index (χ4n) is 4.81. The summed E-state index contributed by atoms with van der Waals surface area (Å²) in [5.74, 6) is 2.05. The molecule has 3 N–H and O–H groups in total. The van der Waals surface area contributed by atoms with Gasteiger partial charge in [-0.2, -0.15) is 0 Å². The third-order valence-electron chi connectivity index (χ3n) is 6.37. The summed E-state index contributed by atoms with van der Waals surface area (Å²) in [6, 6.07) is 5.85. The van der Waals surface area contributed by atoms with E-state index in [1.807, 2.05) is 18.2 Å². The van der Waals surface area contributed by atoms with Crippen LogP contribution in [0.5, 0.6) is 11.5 Å². The molecule has 28 heavy (non-hydrogen) atoms. The summed E-state index contributed by atoms with van der Waals surface area (Å²) in [5.41, 5.74) is 7.36. The number of ether oxygens (including phenoxy) is 2. The van der Waals surface area contributed by atoms with E-state index in [-0.39, 0.29) is 5.54 Å². The molecule has 1 aliphatic carbocycles. The minimum atomic E-state index is 0.204. The van der Waals surface area contributed by atoms with E-state index in [0.717, 1.165) is 30.2 Å². The number of aliphatic imine (C=N–C) groups is 1. The van der Waals surface area contributed by atoms with Crippen LogP contribution in [0.2, 0.25) is 0 Å². The predicted molar refractivity (Wildman–Crippen MR) is 113 cm³/mol. The summed E-state index contributed by atoms with van der Waals surface area (Å²) in [6.07, 6.45) is 11.4. The Balaban J connectivity index is 1.43. The molecule has 0 radical (unpaired) electrons. The van der Waals surface area contributed by atoms with Crippen molar-refractivity contribution >= 4 is 11.6 Å². The molecule has 6 nitrogen and oxygen atoms in total. The molecule has 2 fully saturated rings. The summed E-state index contributed by atoms with van der Waals surface area (Å²) < 4.78 is 11.5. The summed E-state index contributed by atoms with van der Waals surface area (Å²) in [6.45, 7) is 4.59. The van der Waals surface area contributed by atoms with Gasteiger partial charge in [-0.15, -0.1) is 0 Å². The highest BCUT2D eigenvalue weighted by atomic mass is 16.5. The number of likely N-dealkylation sites (tertiary alicyclic amines) is 1. The Kier molecular flexibility index (Phi) is 6.25. The topological polar surface area (TPSA) is 72.1 Å². The minimum Gasteiger partial charge on any atom is -0.490 e. The number of piperidine rings is 1. The number of nitrogens with zero attached hydrogens (tertiary/aromatic N) is 2. The Morgan fingerprint density at radius 2 is 1.68 bits per heavy atom. The Labute approximate surface area is 168 Å². The van der Waals surface area contributed by atoms with Crippen LogP contribution in [-0.4, -0.2) is 49.2 Å². The summed E-state index contributed by atoms with van der Waals surface area (Å²) in [7, 11) is 0. The van der Waals surface area contributed by atoms with E-state index in [4.69, 9.17) is 20.2 Å². The highest BCUT2D eigenvalue weighted by molar-refractivity contribution is 5.92. The van der Waals surface area contributed by atoms with Crippen molar-refractivity contribution in [3.05, 3.63) is 18.2 Å². The van der Waals surface area contributed by atoms with Gasteiger partial charge in [-0.25, -0.2) is 0 Å². The number of hydrogen-bond donors (Lipinski definition) is 2. The van der Waals surface area contributed by atoms with Crippen LogP contribution in [0.1, 0.15) is 57.8 Å². The molecule has 1 aromatic rings. The molecule has 4 rings (SSSR count). The van der Waals surface area contributed by atoms with Crippen molar-refractivity contribution in [1.29, 1.82) is 0 Å². The molecule has 154 valence electrons. The number of anilines is 1. The van der Waals surface area contributed by atoms with Crippen molar-refractivity contribution in [3.63, 3.8) is 0 Å². The number of fused-ring (bicyclic) bond motifs is 1. The molecule has 1 aromatic carbocycles. The molecule has 2 aliphatic heterocycles. The zero-order chi connectivity index (χ0) is 19.2. The first-order chi connectivity index (χ1) is 13.8. The second-order valence-corrected chi connectivity index (χ2v) is 8.37. The standard InChI is InChI=1S/C22H34N4O2/c23-21(25-18-8-9-19-20(16-18)28-15-7-14-27-19)24-17-22(10-3-1-4-11-22)26-12-5-2-6-13-26/h8-9,16H,1-7,10-15,17H2,(H3,23,24,25). The first kappa shape index (κ1) is 19.4. The summed E-state index contributed by atoms with van der Waals surface area (Å²) in [4.78, 5) is 7.50. The molecule has 1 saturated heterocycles. The number of rotatable bonds is 4. The van der Waals surface area contributed by atoms with Crippen molar-refractivity contribution in [2.45, 2.75) is 63.3 Å². The van der Waals surface area contributed by atoms with Gasteiger partial charge in [0.15, 0.2) is 17.5 Å². The molecule has 0 amide bonds. The van der Waals surface area contributed by atoms with Crippen LogP contribution in [0.15, 0.2) is 23.2 Å². The molecule has 2 heterocycles. The maximum absolute atomic E-state index is 6.27. The van der Waals surface area contributed by atoms with Gasteiger partial charge in [-0.1, -0.05) is 25.7 Å². The number of hydrogen-bond acceptors (Lipinski definition) is 4. The van der Waals surface area contributed by atoms with E-state index in [9.17, 15) is 0 Å². The number of guanidine groups is 1. The lowest BCUT2D eigenvalue weighted by molar-refractivity contribution is 0.0408. The van der Waals surface area contributed by atoms with Crippen LogP contribution in [0.3, 0.4) is 0 Å². The van der Waals surface area contributed by atoms with Crippen LogP contribution in [0.25, 0.3) is 0 Å². The predicted octanol–water partition coefficient (Wildman–Crippen LogP) is 3.76. The quantitative estimate of drug-likeness (QED) is 0.609.